The van der Waals surface area contributed by atoms with Crippen LogP contribution in [0.15, 0.2) is 0 Å². The van der Waals surface area contributed by atoms with Crippen molar-refractivity contribution < 1.29 is 4.84 Å². The average Bonchev–Trinajstić information content (AvgIpc) is 2.16. The van der Waals surface area contributed by atoms with Crippen molar-refractivity contribution in [2.24, 2.45) is 0 Å². The quantitative estimate of drug-likeness (QED) is 0.578. The van der Waals surface area contributed by atoms with Crippen LogP contribution in [0.4, 0.5) is 0 Å². The molecule has 1 atom stereocenters. The second-order valence-electron chi connectivity index (χ2n) is 4.79. The van der Waals surface area contributed by atoms with E-state index in [2.05, 4.69) is 32.5 Å². The van der Waals surface area contributed by atoms with Crippen LogP contribution in [-0.4, -0.2) is 29.3 Å². The van der Waals surface area contributed by atoms with Gasteiger partial charge in [-0.3, -0.25) is 0 Å². The zero-order valence-electron chi connectivity index (χ0n) is 9.09. The summed E-state index contributed by atoms with van der Waals surface area (Å²) in [6, 6.07) is 0.0300. The summed E-state index contributed by atoms with van der Waals surface area (Å²) < 4.78 is 0. The Morgan fingerprint density at radius 2 is 1.92 bits per heavy atom. The first-order valence-electron chi connectivity index (χ1n) is 4.57. The van der Waals surface area contributed by atoms with Gasteiger partial charge in [0.2, 0.25) is 6.04 Å². The van der Waals surface area contributed by atoms with Crippen LogP contribution in [0.1, 0.15) is 34.1 Å². The molecule has 0 radical (unpaired) electrons. The second-order valence-corrected chi connectivity index (χ2v) is 4.79. The summed E-state index contributed by atoms with van der Waals surface area (Å²) in [7, 11) is 1.68. The maximum atomic E-state index is 7.14. The smallest absolute Gasteiger partial charge is 0.245 e. The zero-order chi connectivity index (χ0) is 10.3. The topological polar surface area (TPSA) is 16.8 Å². The van der Waals surface area contributed by atoms with E-state index >= 15 is 0 Å². The van der Waals surface area contributed by atoms with E-state index in [0.717, 1.165) is 6.42 Å². The monoisotopic (exact) mass is 182 g/mol. The van der Waals surface area contributed by atoms with E-state index < -0.39 is 0 Å². The highest BCUT2D eigenvalue weighted by molar-refractivity contribution is 5.10. The maximum absolute atomic E-state index is 7.14. The summed E-state index contributed by atoms with van der Waals surface area (Å²) in [6.45, 7) is 15.5. The molecule has 1 aliphatic heterocycles. The van der Waals surface area contributed by atoms with Crippen molar-refractivity contribution in [2.75, 3.05) is 7.11 Å². The Morgan fingerprint density at radius 3 is 2.15 bits per heavy atom. The van der Waals surface area contributed by atoms with Crippen LogP contribution in [0.5, 0.6) is 0 Å². The van der Waals surface area contributed by atoms with Crippen LogP contribution in [-0.2, 0) is 4.84 Å². The molecule has 1 rings (SSSR count). The van der Waals surface area contributed by atoms with E-state index in [1.54, 1.807) is 7.11 Å². The van der Waals surface area contributed by atoms with Gasteiger partial charge in [0.15, 0.2) is 0 Å². The maximum Gasteiger partial charge on any atom is 0.245 e. The lowest BCUT2D eigenvalue weighted by Gasteiger charge is -2.36. The fourth-order valence-electron chi connectivity index (χ4n) is 2.41. The van der Waals surface area contributed by atoms with Gasteiger partial charge < -0.3 is 9.68 Å². The fraction of sp³-hybridized carbons (Fsp3) is 0.900. The van der Waals surface area contributed by atoms with Crippen molar-refractivity contribution in [3.8, 4) is 0 Å². The van der Waals surface area contributed by atoms with E-state index in [-0.39, 0.29) is 17.1 Å². The summed E-state index contributed by atoms with van der Waals surface area (Å²) in [5, 5.41) is 1.95. The molecule has 13 heavy (non-hydrogen) atoms. The van der Waals surface area contributed by atoms with Crippen molar-refractivity contribution in [3.05, 3.63) is 11.4 Å². The molecule has 0 aromatic carbocycles. The summed E-state index contributed by atoms with van der Waals surface area (Å²) >= 11 is 0. The minimum absolute atomic E-state index is 0.0300. The molecule has 3 nitrogen and oxygen atoms in total. The molecule has 1 heterocycles. The van der Waals surface area contributed by atoms with Crippen LogP contribution in [0.2, 0.25) is 0 Å². The van der Waals surface area contributed by atoms with Gasteiger partial charge in [0.1, 0.15) is 5.54 Å². The fourth-order valence-corrected chi connectivity index (χ4v) is 2.41. The molecule has 0 aromatic heterocycles. The molecule has 0 amide bonds. The standard InChI is InChI=1S/C10H18N2O/c1-9(2)7-8(11-5)10(3,4)12(9)13-6/h8H,7H2,1-4,6H3. The van der Waals surface area contributed by atoms with Gasteiger partial charge in [-0.1, -0.05) is 0 Å². The minimum atomic E-state index is -0.181. The summed E-state index contributed by atoms with van der Waals surface area (Å²) in [6.07, 6.45) is 0.872. The first kappa shape index (κ1) is 10.5. The van der Waals surface area contributed by atoms with Crippen LogP contribution in [0.25, 0.3) is 4.85 Å². The van der Waals surface area contributed by atoms with E-state index in [0.29, 0.717) is 0 Å². The van der Waals surface area contributed by atoms with Gasteiger partial charge >= 0.3 is 0 Å². The van der Waals surface area contributed by atoms with Gasteiger partial charge in [-0.25, -0.2) is 6.57 Å². The van der Waals surface area contributed by atoms with E-state index in [1.165, 1.54) is 0 Å². The Balaban J connectivity index is 3.01. The molecule has 0 aliphatic carbocycles. The van der Waals surface area contributed by atoms with Crippen molar-refractivity contribution in [3.63, 3.8) is 0 Å². The van der Waals surface area contributed by atoms with Crippen molar-refractivity contribution in [1.29, 1.82) is 0 Å². The highest BCUT2D eigenvalue weighted by Gasteiger charge is 2.56. The summed E-state index contributed by atoms with van der Waals surface area (Å²) in [5.41, 5.74) is -0.215. The SMILES string of the molecule is [C-]#[N+]C1CC(C)(C)N(OC)C1(C)C. The molecule has 1 fully saturated rings. The largest absolute Gasteiger partial charge is 0.311 e. The molecule has 74 valence electrons. The predicted molar refractivity (Wildman–Crippen MR) is 52.0 cm³/mol. The highest BCUT2D eigenvalue weighted by Crippen LogP contribution is 2.42. The van der Waals surface area contributed by atoms with E-state index in [4.69, 9.17) is 11.4 Å². The van der Waals surface area contributed by atoms with Gasteiger partial charge in [0.25, 0.3) is 0 Å². The Morgan fingerprint density at radius 1 is 1.38 bits per heavy atom. The molecule has 0 spiro atoms. The molecule has 1 saturated heterocycles. The summed E-state index contributed by atoms with van der Waals surface area (Å²) in [4.78, 5) is 9.03. The molecular weight excluding hydrogens is 164 g/mol. The molecule has 0 aromatic rings. The van der Waals surface area contributed by atoms with Gasteiger partial charge in [-0.15, -0.1) is 0 Å². The normalized spacial score (nSPS) is 31.5. The first-order valence-corrected chi connectivity index (χ1v) is 4.57. The van der Waals surface area contributed by atoms with Crippen molar-refractivity contribution in [2.45, 2.75) is 51.2 Å². The second kappa shape index (κ2) is 2.97. The van der Waals surface area contributed by atoms with Gasteiger partial charge in [-0.05, 0) is 27.7 Å². The molecule has 0 bridgehead atoms. The third-order valence-electron chi connectivity index (χ3n) is 2.92. The van der Waals surface area contributed by atoms with E-state index in [9.17, 15) is 0 Å². The van der Waals surface area contributed by atoms with Crippen LogP contribution >= 0.6 is 0 Å². The van der Waals surface area contributed by atoms with Crippen molar-refractivity contribution >= 4 is 0 Å². The predicted octanol–water partition coefficient (Wildman–Crippen LogP) is 2.10. The third kappa shape index (κ3) is 1.45. The Hall–Kier alpha value is -0.590. The molecule has 1 unspecified atom stereocenters. The molecule has 1 aliphatic rings. The third-order valence-corrected chi connectivity index (χ3v) is 2.92. The van der Waals surface area contributed by atoms with Crippen LogP contribution in [0, 0.1) is 6.57 Å². The lowest BCUT2D eigenvalue weighted by Crippen LogP contribution is -2.49. The Bertz CT molecular complexity index is 240. The zero-order valence-corrected chi connectivity index (χ0v) is 9.09. The minimum Gasteiger partial charge on any atom is -0.311 e. The highest BCUT2D eigenvalue weighted by atomic mass is 16.7. The van der Waals surface area contributed by atoms with Crippen LogP contribution in [0.3, 0.4) is 0 Å². The molecular formula is C10H18N2O. The number of hydroxylamine groups is 2. The Labute approximate surface area is 80.4 Å². The lowest BCUT2D eigenvalue weighted by atomic mass is 9.95. The number of rotatable bonds is 1. The average molecular weight is 182 g/mol. The van der Waals surface area contributed by atoms with Crippen molar-refractivity contribution in [1.82, 2.24) is 5.06 Å². The molecule has 3 heteroatoms. The number of hydrogen-bond donors (Lipinski definition) is 0. The number of nitrogens with zero attached hydrogens (tertiary/aromatic N) is 2. The lowest BCUT2D eigenvalue weighted by molar-refractivity contribution is -0.219. The molecule has 0 N–H and O–H groups in total. The van der Waals surface area contributed by atoms with Gasteiger partial charge in [0.05, 0.1) is 7.11 Å². The number of hydrogen-bond acceptors (Lipinski definition) is 2. The molecule has 0 saturated carbocycles. The van der Waals surface area contributed by atoms with Crippen LogP contribution < -0.4 is 0 Å². The Kier molecular flexibility index (Phi) is 2.40. The van der Waals surface area contributed by atoms with Gasteiger partial charge in [0, 0.05) is 12.0 Å². The summed E-state index contributed by atoms with van der Waals surface area (Å²) in [5.74, 6) is 0. The van der Waals surface area contributed by atoms with Gasteiger partial charge in [-0.2, -0.15) is 5.06 Å². The van der Waals surface area contributed by atoms with E-state index in [1.807, 2.05) is 5.06 Å². The first-order chi connectivity index (χ1) is 5.86.